The number of rotatable bonds is 5. The molecule has 1 aromatic rings. The van der Waals surface area contributed by atoms with Crippen LogP contribution in [0.15, 0.2) is 12.1 Å². The van der Waals surface area contributed by atoms with Crippen molar-refractivity contribution in [3.8, 4) is 17.2 Å². The van der Waals surface area contributed by atoms with Gasteiger partial charge < -0.3 is 14.6 Å². The monoisotopic (exact) mass is 279 g/mol. The average molecular weight is 279 g/mol. The number of phenols is 1. The van der Waals surface area contributed by atoms with Crippen LogP contribution in [-0.4, -0.2) is 37.3 Å². The van der Waals surface area contributed by atoms with Crippen molar-refractivity contribution < 1.29 is 14.6 Å². The minimum atomic E-state index is 0.0730. The predicted octanol–water partition coefficient (Wildman–Crippen LogP) is 3.03. The van der Waals surface area contributed by atoms with E-state index in [2.05, 4.69) is 11.8 Å². The number of piperidine rings is 1. The SMILES string of the molecule is CCC1CCCN(Cc2cc(OC)c(O)c(OC)c2)C1. The van der Waals surface area contributed by atoms with Crippen LogP contribution in [0, 0.1) is 5.92 Å². The Morgan fingerprint density at radius 3 is 2.45 bits per heavy atom. The summed E-state index contributed by atoms with van der Waals surface area (Å²) in [7, 11) is 3.12. The highest BCUT2D eigenvalue weighted by molar-refractivity contribution is 5.52. The van der Waals surface area contributed by atoms with Crippen LogP contribution in [-0.2, 0) is 6.54 Å². The lowest BCUT2D eigenvalue weighted by molar-refractivity contribution is 0.164. The van der Waals surface area contributed by atoms with Crippen LogP contribution in [0.25, 0.3) is 0 Å². The minimum Gasteiger partial charge on any atom is -0.502 e. The first-order valence-electron chi connectivity index (χ1n) is 7.34. The molecular weight excluding hydrogens is 254 g/mol. The standard InChI is InChI=1S/C16H25NO3/c1-4-12-6-5-7-17(10-12)11-13-8-14(19-2)16(18)15(9-13)20-3/h8-9,12,18H,4-7,10-11H2,1-3H3. The van der Waals surface area contributed by atoms with Gasteiger partial charge >= 0.3 is 0 Å². The Labute approximate surface area is 121 Å². The summed E-state index contributed by atoms with van der Waals surface area (Å²) >= 11 is 0. The molecule has 20 heavy (non-hydrogen) atoms. The van der Waals surface area contributed by atoms with Crippen LogP contribution in [0.5, 0.6) is 17.2 Å². The van der Waals surface area contributed by atoms with Gasteiger partial charge in [-0.25, -0.2) is 0 Å². The van der Waals surface area contributed by atoms with E-state index >= 15 is 0 Å². The fourth-order valence-electron chi connectivity index (χ4n) is 2.93. The zero-order valence-corrected chi connectivity index (χ0v) is 12.7. The Bertz CT molecular complexity index is 422. The van der Waals surface area contributed by atoms with Gasteiger partial charge in [-0.05, 0) is 43.0 Å². The van der Waals surface area contributed by atoms with Gasteiger partial charge in [0.25, 0.3) is 0 Å². The van der Waals surface area contributed by atoms with Crippen LogP contribution in [0.2, 0.25) is 0 Å². The summed E-state index contributed by atoms with van der Waals surface area (Å²) in [6.45, 7) is 5.44. The van der Waals surface area contributed by atoms with Crippen molar-refractivity contribution in [2.24, 2.45) is 5.92 Å². The van der Waals surface area contributed by atoms with E-state index in [-0.39, 0.29) is 5.75 Å². The predicted molar refractivity (Wildman–Crippen MR) is 79.5 cm³/mol. The molecule has 1 aliphatic heterocycles. The van der Waals surface area contributed by atoms with Crippen LogP contribution in [0.3, 0.4) is 0 Å². The molecule has 1 fully saturated rings. The van der Waals surface area contributed by atoms with Gasteiger partial charge in [0, 0.05) is 13.1 Å². The minimum absolute atomic E-state index is 0.0730. The van der Waals surface area contributed by atoms with Crippen LogP contribution >= 0.6 is 0 Å². The summed E-state index contributed by atoms with van der Waals surface area (Å²) in [5.41, 5.74) is 1.12. The molecule has 112 valence electrons. The van der Waals surface area contributed by atoms with Crippen molar-refractivity contribution in [3.05, 3.63) is 17.7 Å². The number of nitrogens with zero attached hydrogens (tertiary/aromatic N) is 1. The smallest absolute Gasteiger partial charge is 0.200 e. The third-order valence-corrected chi connectivity index (χ3v) is 4.13. The molecule has 0 bridgehead atoms. The lowest BCUT2D eigenvalue weighted by Crippen LogP contribution is -2.34. The Morgan fingerprint density at radius 1 is 1.25 bits per heavy atom. The summed E-state index contributed by atoms with van der Waals surface area (Å²) in [5.74, 6) is 1.83. The number of hydrogen-bond donors (Lipinski definition) is 1. The fraction of sp³-hybridized carbons (Fsp3) is 0.625. The third kappa shape index (κ3) is 3.37. The zero-order chi connectivity index (χ0) is 14.5. The van der Waals surface area contributed by atoms with Crippen molar-refractivity contribution in [2.75, 3.05) is 27.3 Å². The maximum Gasteiger partial charge on any atom is 0.200 e. The number of phenolic OH excluding ortho intramolecular Hbond substituents is 1. The molecule has 2 rings (SSSR count). The normalized spacial score (nSPS) is 19.9. The first-order chi connectivity index (χ1) is 9.67. The van der Waals surface area contributed by atoms with E-state index in [0.717, 1.165) is 31.1 Å². The van der Waals surface area contributed by atoms with Crippen molar-refractivity contribution in [3.63, 3.8) is 0 Å². The van der Waals surface area contributed by atoms with E-state index in [9.17, 15) is 5.11 Å². The molecule has 0 amide bonds. The van der Waals surface area contributed by atoms with E-state index in [1.165, 1.54) is 19.3 Å². The van der Waals surface area contributed by atoms with Crippen molar-refractivity contribution in [1.29, 1.82) is 0 Å². The summed E-state index contributed by atoms with van der Waals surface area (Å²) < 4.78 is 10.4. The molecule has 1 heterocycles. The topological polar surface area (TPSA) is 41.9 Å². The molecule has 0 saturated carbocycles. The maximum atomic E-state index is 9.94. The average Bonchev–Trinajstić information content (AvgIpc) is 2.49. The highest BCUT2D eigenvalue weighted by Gasteiger charge is 2.19. The van der Waals surface area contributed by atoms with E-state index in [4.69, 9.17) is 9.47 Å². The number of likely N-dealkylation sites (tertiary alicyclic amines) is 1. The van der Waals surface area contributed by atoms with Gasteiger partial charge in [-0.2, -0.15) is 0 Å². The molecule has 4 nitrogen and oxygen atoms in total. The van der Waals surface area contributed by atoms with Gasteiger partial charge in [-0.3, -0.25) is 4.90 Å². The molecule has 0 spiro atoms. The number of aromatic hydroxyl groups is 1. The van der Waals surface area contributed by atoms with Crippen molar-refractivity contribution in [1.82, 2.24) is 4.90 Å². The Kier molecular flexibility index (Phi) is 5.12. The molecule has 1 N–H and O–H groups in total. The molecule has 0 aromatic heterocycles. The number of methoxy groups -OCH3 is 2. The lowest BCUT2D eigenvalue weighted by atomic mass is 9.95. The first kappa shape index (κ1) is 15.0. The van der Waals surface area contributed by atoms with Gasteiger partial charge in [0.05, 0.1) is 14.2 Å². The lowest BCUT2D eigenvalue weighted by Gasteiger charge is -2.32. The summed E-state index contributed by atoms with van der Waals surface area (Å²) in [5, 5.41) is 9.94. The summed E-state index contributed by atoms with van der Waals surface area (Å²) in [6, 6.07) is 3.79. The largest absolute Gasteiger partial charge is 0.502 e. The van der Waals surface area contributed by atoms with E-state index < -0.39 is 0 Å². The van der Waals surface area contributed by atoms with Crippen LogP contribution in [0.4, 0.5) is 0 Å². The van der Waals surface area contributed by atoms with Gasteiger partial charge in [0.15, 0.2) is 11.5 Å². The Balaban J connectivity index is 2.12. The highest BCUT2D eigenvalue weighted by Crippen LogP contribution is 2.37. The Morgan fingerprint density at radius 2 is 1.90 bits per heavy atom. The van der Waals surface area contributed by atoms with Crippen molar-refractivity contribution in [2.45, 2.75) is 32.7 Å². The zero-order valence-electron chi connectivity index (χ0n) is 12.7. The van der Waals surface area contributed by atoms with Crippen LogP contribution < -0.4 is 9.47 Å². The summed E-state index contributed by atoms with van der Waals surface area (Å²) in [6.07, 6.45) is 3.86. The van der Waals surface area contributed by atoms with E-state index in [0.29, 0.717) is 11.5 Å². The molecule has 1 aliphatic rings. The first-order valence-corrected chi connectivity index (χ1v) is 7.34. The second-order valence-electron chi connectivity index (χ2n) is 5.50. The maximum absolute atomic E-state index is 9.94. The molecule has 4 heteroatoms. The quantitative estimate of drug-likeness (QED) is 0.899. The Hall–Kier alpha value is -1.42. The molecule has 1 saturated heterocycles. The second-order valence-corrected chi connectivity index (χ2v) is 5.50. The number of benzene rings is 1. The molecule has 0 aliphatic carbocycles. The van der Waals surface area contributed by atoms with Gasteiger partial charge in [-0.15, -0.1) is 0 Å². The molecular formula is C16H25NO3. The fourth-order valence-corrected chi connectivity index (χ4v) is 2.93. The van der Waals surface area contributed by atoms with Gasteiger partial charge in [0.1, 0.15) is 0 Å². The van der Waals surface area contributed by atoms with E-state index in [1.54, 1.807) is 14.2 Å². The second kappa shape index (κ2) is 6.84. The number of ether oxygens (including phenoxy) is 2. The molecule has 1 atom stereocenters. The van der Waals surface area contributed by atoms with E-state index in [1.807, 2.05) is 12.1 Å². The molecule has 1 aromatic carbocycles. The van der Waals surface area contributed by atoms with Crippen molar-refractivity contribution >= 4 is 0 Å². The van der Waals surface area contributed by atoms with Gasteiger partial charge in [0.2, 0.25) is 5.75 Å². The third-order valence-electron chi connectivity index (χ3n) is 4.13. The highest BCUT2D eigenvalue weighted by atomic mass is 16.5. The summed E-state index contributed by atoms with van der Waals surface area (Å²) in [4.78, 5) is 2.48. The molecule has 1 unspecified atom stereocenters. The van der Waals surface area contributed by atoms with Crippen LogP contribution in [0.1, 0.15) is 31.7 Å². The molecule has 0 radical (unpaired) electrons. The number of hydrogen-bond acceptors (Lipinski definition) is 4. The van der Waals surface area contributed by atoms with Gasteiger partial charge in [-0.1, -0.05) is 13.3 Å².